The van der Waals surface area contributed by atoms with Gasteiger partial charge in [0.15, 0.2) is 0 Å². The van der Waals surface area contributed by atoms with Crippen LogP contribution in [0.1, 0.15) is 70.1 Å². The Bertz CT molecular complexity index is 809. The first-order valence-electron chi connectivity index (χ1n) is 11.2. The molecule has 1 aromatic carbocycles. The van der Waals surface area contributed by atoms with Crippen LogP contribution >= 0.6 is 0 Å². The number of urea groups is 1. The van der Waals surface area contributed by atoms with Gasteiger partial charge in [0.1, 0.15) is 6.29 Å². The summed E-state index contributed by atoms with van der Waals surface area (Å²) in [7, 11) is 0. The Morgan fingerprint density at radius 3 is 2.73 bits per heavy atom. The maximum absolute atomic E-state index is 12.9. The quantitative estimate of drug-likeness (QED) is 0.659. The van der Waals surface area contributed by atoms with Crippen molar-refractivity contribution in [3.8, 4) is 0 Å². The summed E-state index contributed by atoms with van der Waals surface area (Å²) in [6.45, 7) is 10.7. The van der Waals surface area contributed by atoms with E-state index in [2.05, 4.69) is 51.2 Å². The standard InChI is InChI=1S/C25H36N2O3/c1-5-19-17-21(8-7-20(19)9-11-24(2,3)4)25-12-16-30-15-10-22(25)18-27(13-6-14-28)23(29)26-25/h7-8,14,17-18H,5-6,9-13,15-16H2,1-4H3,(H,26,29). The van der Waals surface area contributed by atoms with Gasteiger partial charge in [-0.25, -0.2) is 4.79 Å². The fraction of sp³-hybridized carbons (Fsp3) is 0.600. The lowest BCUT2D eigenvalue weighted by atomic mass is 9.76. The Morgan fingerprint density at radius 2 is 2.03 bits per heavy atom. The maximum atomic E-state index is 12.9. The average molecular weight is 413 g/mol. The molecule has 2 amide bonds. The lowest BCUT2D eigenvalue weighted by Crippen LogP contribution is -2.55. The zero-order valence-electron chi connectivity index (χ0n) is 18.9. The Labute approximate surface area is 180 Å². The van der Waals surface area contributed by atoms with Gasteiger partial charge < -0.3 is 19.7 Å². The first-order valence-corrected chi connectivity index (χ1v) is 11.2. The molecule has 164 valence electrons. The van der Waals surface area contributed by atoms with Crippen LogP contribution in [0.4, 0.5) is 4.79 Å². The SMILES string of the molecule is CCc1cc(C23CCOCCC2=CN(CCC=O)C(=O)N3)ccc1CCC(C)(C)C. The van der Waals surface area contributed by atoms with Crippen molar-refractivity contribution in [2.45, 2.75) is 71.8 Å². The molecule has 30 heavy (non-hydrogen) atoms. The predicted molar refractivity (Wildman–Crippen MR) is 119 cm³/mol. The molecule has 0 aliphatic carbocycles. The number of fused-ring (bicyclic) bond motifs is 1. The first kappa shape index (κ1) is 22.5. The van der Waals surface area contributed by atoms with Gasteiger partial charge in [-0.3, -0.25) is 0 Å². The van der Waals surface area contributed by atoms with E-state index in [9.17, 15) is 9.59 Å². The number of carbonyl (C=O) groups excluding carboxylic acids is 2. The number of hydrogen-bond acceptors (Lipinski definition) is 3. The van der Waals surface area contributed by atoms with Crippen LogP contribution in [0.5, 0.6) is 0 Å². The van der Waals surface area contributed by atoms with Crippen molar-refractivity contribution in [2.24, 2.45) is 5.41 Å². The molecule has 0 radical (unpaired) electrons. The Hall–Kier alpha value is -2.14. The molecule has 2 aliphatic heterocycles. The van der Waals surface area contributed by atoms with E-state index in [4.69, 9.17) is 4.74 Å². The highest BCUT2D eigenvalue weighted by molar-refractivity contribution is 5.79. The molecular formula is C25H36N2O3. The monoisotopic (exact) mass is 412 g/mol. The normalized spacial score (nSPS) is 22.1. The van der Waals surface area contributed by atoms with Gasteiger partial charge in [-0.15, -0.1) is 0 Å². The highest BCUT2D eigenvalue weighted by Crippen LogP contribution is 2.40. The third-order valence-electron chi connectivity index (χ3n) is 6.29. The molecule has 1 atom stereocenters. The summed E-state index contributed by atoms with van der Waals surface area (Å²) in [5.74, 6) is 0. The van der Waals surface area contributed by atoms with Gasteiger partial charge in [0.05, 0.1) is 12.1 Å². The smallest absolute Gasteiger partial charge is 0.322 e. The summed E-state index contributed by atoms with van der Waals surface area (Å²) in [5.41, 5.74) is 4.83. The number of carbonyl (C=O) groups is 2. The van der Waals surface area contributed by atoms with Crippen LogP contribution in [0.3, 0.4) is 0 Å². The molecule has 0 aromatic heterocycles. The molecule has 0 bridgehead atoms. The largest absolute Gasteiger partial charge is 0.381 e. The number of aryl methyl sites for hydroxylation is 2. The Balaban J connectivity index is 1.98. The molecule has 1 N–H and O–H groups in total. The van der Waals surface area contributed by atoms with E-state index in [-0.39, 0.29) is 6.03 Å². The van der Waals surface area contributed by atoms with Crippen LogP contribution in [-0.2, 0) is 27.9 Å². The second-order valence-electron chi connectivity index (χ2n) is 9.65. The minimum atomic E-state index is -0.530. The topological polar surface area (TPSA) is 58.6 Å². The number of aldehydes is 1. The van der Waals surface area contributed by atoms with Crippen molar-refractivity contribution in [3.05, 3.63) is 46.7 Å². The predicted octanol–water partition coefficient (Wildman–Crippen LogP) is 4.73. The summed E-state index contributed by atoms with van der Waals surface area (Å²) in [6, 6.07) is 6.59. The summed E-state index contributed by atoms with van der Waals surface area (Å²) in [5, 5.41) is 3.30. The minimum absolute atomic E-state index is 0.141. The number of benzene rings is 1. The molecule has 5 heteroatoms. The number of rotatable bonds is 7. The van der Waals surface area contributed by atoms with Crippen LogP contribution in [0.2, 0.25) is 0 Å². The van der Waals surface area contributed by atoms with Crippen LogP contribution in [0.25, 0.3) is 0 Å². The molecule has 2 heterocycles. The number of nitrogens with one attached hydrogen (secondary N) is 1. The fourth-order valence-electron chi connectivity index (χ4n) is 4.44. The maximum Gasteiger partial charge on any atom is 0.322 e. The third-order valence-corrected chi connectivity index (χ3v) is 6.29. The van der Waals surface area contributed by atoms with Crippen LogP contribution in [-0.4, -0.2) is 37.0 Å². The number of amides is 2. The van der Waals surface area contributed by atoms with Gasteiger partial charge in [0.2, 0.25) is 0 Å². The third kappa shape index (κ3) is 4.94. The molecular weight excluding hydrogens is 376 g/mol. The molecule has 1 fully saturated rings. The lowest BCUT2D eigenvalue weighted by molar-refractivity contribution is -0.107. The van der Waals surface area contributed by atoms with Crippen LogP contribution in [0, 0.1) is 5.41 Å². The molecule has 2 aliphatic rings. The van der Waals surface area contributed by atoms with Gasteiger partial charge in [-0.2, -0.15) is 0 Å². The summed E-state index contributed by atoms with van der Waals surface area (Å²) >= 11 is 0. The van der Waals surface area contributed by atoms with E-state index in [0.717, 1.165) is 49.5 Å². The molecule has 1 saturated heterocycles. The molecule has 3 rings (SSSR count). The van der Waals surface area contributed by atoms with Crippen molar-refractivity contribution in [1.82, 2.24) is 10.2 Å². The van der Waals surface area contributed by atoms with Gasteiger partial charge in [0.25, 0.3) is 0 Å². The van der Waals surface area contributed by atoms with Crippen molar-refractivity contribution >= 4 is 12.3 Å². The van der Waals surface area contributed by atoms with E-state index in [1.807, 2.05) is 6.20 Å². The van der Waals surface area contributed by atoms with E-state index in [1.54, 1.807) is 4.90 Å². The Kier molecular flexibility index (Phi) is 7.02. The van der Waals surface area contributed by atoms with E-state index >= 15 is 0 Å². The van der Waals surface area contributed by atoms with Crippen molar-refractivity contribution in [2.75, 3.05) is 19.8 Å². The molecule has 1 aromatic rings. The van der Waals surface area contributed by atoms with Gasteiger partial charge in [-0.1, -0.05) is 45.9 Å². The van der Waals surface area contributed by atoms with Gasteiger partial charge >= 0.3 is 6.03 Å². The first-order chi connectivity index (χ1) is 14.3. The highest BCUT2D eigenvalue weighted by atomic mass is 16.5. The molecule has 0 spiro atoms. The van der Waals surface area contributed by atoms with Crippen LogP contribution in [0.15, 0.2) is 30.0 Å². The molecule has 5 nitrogen and oxygen atoms in total. The van der Waals surface area contributed by atoms with Crippen LogP contribution < -0.4 is 5.32 Å². The van der Waals surface area contributed by atoms with Gasteiger partial charge in [0, 0.05) is 32.2 Å². The van der Waals surface area contributed by atoms with E-state index in [0.29, 0.717) is 31.6 Å². The van der Waals surface area contributed by atoms with Crippen molar-refractivity contribution in [3.63, 3.8) is 0 Å². The second-order valence-corrected chi connectivity index (χ2v) is 9.65. The zero-order valence-corrected chi connectivity index (χ0v) is 18.9. The minimum Gasteiger partial charge on any atom is -0.381 e. The summed E-state index contributed by atoms with van der Waals surface area (Å²) < 4.78 is 5.77. The number of ether oxygens (including phenoxy) is 1. The van der Waals surface area contributed by atoms with E-state index in [1.165, 1.54) is 11.1 Å². The van der Waals surface area contributed by atoms with Crippen molar-refractivity contribution < 1.29 is 14.3 Å². The number of nitrogens with zero attached hydrogens (tertiary/aromatic N) is 1. The van der Waals surface area contributed by atoms with E-state index < -0.39 is 5.54 Å². The Morgan fingerprint density at radius 1 is 1.23 bits per heavy atom. The molecule has 0 saturated carbocycles. The zero-order chi connectivity index (χ0) is 21.8. The average Bonchev–Trinajstić information content (AvgIpc) is 2.92. The summed E-state index contributed by atoms with van der Waals surface area (Å²) in [4.78, 5) is 25.3. The lowest BCUT2D eigenvalue weighted by Gasteiger charge is -2.42. The molecule has 1 unspecified atom stereocenters. The van der Waals surface area contributed by atoms with Crippen molar-refractivity contribution in [1.29, 1.82) is 0 Å². The number of hydrogen-bond donors (Lipinski definition) is 1. The summed E-state index contributed by atoms with van der Waals surface area (Å²) in [6.07, 6.45) is 7.82. The highest BCUT2D eigenvalue weighted by Gasteiger charge is 2.43. The van der Waals surface area contributed by atoms with Gasteiger partial charge in [-0.05, 0) is 53.4 Å². The fourth-order valence-corrected chi connectivity index (χ4v) is 4.44. The second kappa shape index (κ2) is 9.34.